The molecule has 1 heterocycles. The Morgan fingerprint density at radius 1 is 1.14 bits per heavy atom. The van der Waals surface area contributed by atoms with E-state index in [1.165, 1.54) is 25.0 Å². The first-order valence-corrected chi connectivity index (χ1v) is 9.84. The van der Waals surface area contributed by atoms with E-state index in [9.17, 15) is 4.39 Å². The number of rotatable bonds is 4. The number of halogens is 1. The lowest BCUT2D eigenvalue weighted by atomic mass is 10.2. The van der Waals surface area contributed by atoms with Gasteiger partial charge in [0, 0.05) is 17.4 Å². The highest BCUT2D eigenvalue weighted by atomic mass is 32.1. The minimum absolute atomic E-state index is 0.269. The van der Waals surface area contributed by atoms with E-state index in [4.69, 9.17) is 12.2 Å². The topological polar surface area (TPSA) is 74.2 Å². The second-order valence-corrected chi connectivity index (χ2v) is 7.38. The summed E-state index contributed by atoms with van der Waals surface area (Å²) in [5.74, 6) is 0.631. The Labute approximate surface area is 170 Å². The molecule has 0 aliphatic heterocycles. The minimum atomic E-state index is -0.269. The van der Waals surface area contributed by atoms with Crippen molar-refractivity contribution in [1.82, 2.24) is 20.6 Å². The van der Waals surface area contributed by atoms with Gasteiger partial charge in [0.25, 0.3) is 0 Å². The molecule has 0 spiro atoms. The van der Waals surface area contributed by atoms with Gasteiger partial charge in [0.1, 0.15) is 5.82 Å². The van der Waals surface area contributed by atoms with E-state index in [0.29, 0.717) is 29.6 Å². The van der Waals surface area contributed by atoms with Crippen LogP contribution in [0.15, 0.2) is 35.3 Å². The predicted molar refractivity (Wildman–Crippen MR) is 114 cm³/mol. The van der Waals surface area contributed by atoms with Gasteiger partial charge in [-0.2, -0.15) is 0 Å². The third kappa shape index (κ3) is 6.23. The molecule has 148 valence electrons. The molecule has 0 unspecified atom stereocenters. The Bertz CT molecular complexity index is 826. The Morgan fingerprint density at radius 3 is 2.43 bits per heavy atom. The van der Waals surface area contributed by atoms with Crippen LogP contribution in [0.25, 0.3) is 0 Å². The third-order valence-corrected chi connectivity index (χ3v) is 4.69. The normalized spacial score (nSPS) is 14.8. The van der Waals surface area contributed by atoms with Crippen LogP contribution in [0.5, 0.6) is 0 Å². The molecule has 0 amide bonds. The van der Waals surface area contributed by atoms with Gasteiger partial charge >= 0.3 is 0 Å². The summed E-state index contributed by atoms with van der Waals surface area (Å²) in [5.41, 5.74) is 2.61. The van der Waals surface area contributed by atoms with Crippen LogP contribution >= 0.6 is 12.2 Å². The van der Waals surface area contributed by atoms with Gasteiger partial charge in [0.2, 0.25) is 11.9 Å². The number of benzene rings is 1. The molecular formula is C20H25FN6S. The van der Waals surface area contributed by atoms with Gasteiger partial charge in [0.15, 0.2) is 5.11 Å². The van der Waals surface area contributed by atoms with Gasteiger partial charge in [-0.1, -0.05) is 25.0 Å². The van der Waals surface area contributed by atoms with Crippen molar-refractivity contribution in [3.05, 3.63) is 53.1 Å². The zero-order valence-corrected chi connectivity index (χ0v) is 16.9. The number of hydrogen-bond acceptors (Lipinski definition) is 4. The highest BCUT2D eigenvalue weighted by Gasteiger charge is 2.16. The van der Waals surface area contributed by atoms with Gasteiger partial charge in [-0.3, -0.25) is 5.32 Å². The van der Waals surface area contributed by atoms with Crippen molar-refractivity contribution in [2.24, 2.45) is 4.99 Å². The average molecular weight is 401 g/mol. The van der Waals surface area contributed by atoms with Crippen LogP contribution in [0, 0.1) is 19.7 Å². The van der Waals surface area contributed by atoms with Crippen LogP contribution in [-0.2, 0) is 6.54 Å². The number of nitrogens with zero attached hydrogens (tertiary/aromatic N) is 3. The molecule has 1 saturated carbocycles. The average Bonchev–Trinajstić information content (AvgIpc) is 3.13. The first-order valence-electron chi connectivity index (χ1n) is 9.43. The quantitative estimate of drug-likeness (QED) is 0.414. The molecule has 3 rings (SSSR count). The minimum Gasteiger partial charge on any atom is -0.360 e. The molecule has 3 N–H and O–H groups in total. The molecule has 1 aromatic heterocycles. The second-order valence-electron chi connectivity index (χ2n) is 6.97. The van der Waals surface area contributed by atoms with Gasteiger partial charge in [-0.15, -0.1) is 0 Å². The molecule has 6 nitrogen and oxygen atoms in total. The van der Waals surface area contributed by atoms with Gasteiger partial charge in [-0.05, 0) is 62.7 Å². The van der Waals surface area contributed by atoms with Crippen molar-refractivity contribution in [3.63, 3.8) is 0 Å². The molecule has 8 heteroatoms. The summed E-state index contributed by atoms with van der Waals surface area (Å²) >= 11 is 5.45. The number of anilines is 1. The van der Waals surface area contributed by atoms with E-state index in [2.05, 4.69) is 30.9 Å². The maximum Gasteiger partial charge on any atom is 0.229 e. The first kappa shape index (κ1) is 20.1. The summed E-state index contributed by atoms with van der Waals surface area (Å²) in [7, 11) is 0. The van der Waals surface area contributed by atoms with Crippen LogP contribution in [0.3, 0.4) is 0 Å². The summed E-state index contributed by atoms with van der Waals surface area (Å²) in [5, 5.41) is 10.1. The summed E-state index contributed by atoms with van der Waals surface area (Å²) in [6.07, 6.45) is 4.69. The lowest BCUT2D eigenvalue weighted by molar-refractivity contribution is 0.627. The molecule has 0 radical (unpaired) electrons. The maximum atomic E-state index is 13.1. The molecule has 0 saturated heterocycles. The highest BCUT2D eigenvalue weighted by Crippen LogP contribution is 2.17. The first-order chi connectivity index (χ1) is 13.5. The van der Waals surface area contributed by atoms with Crippen LogP contribution in [0.2, 0.25) is 0 Å². The smallest absolute Gasteiger partial charge is 0.229 e. The van der Waals surface area contributed by atoms with E-state index in [0.717, 1.165) is 29.8 Å². The van der Waals surface area contributed by atoms with Crippen molar-refractivity contribution >= 4 is 29.2 Å². The summed E-state index contributed by atoms with van der Waals surface area (Å²) in [6, 6.07) is 8.56. The fraction of sp³-hybridized carbons (Fsp3) is 0.400. The Balaban J connectivity index is 1.72. The van der Waals surface area contributed by atoms with Crippen LogP contribution in [-0.4, -0.2) is 27.1 Å². The SMILES string of the molecule is Cc1cc(C)nc(NC(=NCc2ccc(F)cc2)NC(=S)NC2CCCC2)n1. The predicted octanol–water partition coefficient (Wildman–Crippen LogP) is 3.61. The number of hydrogen-bond donors (Lipinski definition) is 3. The van der Waals surface area contributed by atoms with Crippen LogP contribution in [0.4, 0.5) is 10.3 Å². The molecule has 1 aliphatic rings. The Kier molecular flexibility index (Phi) is 6.86. The number of nitrogens with one attached hydrogen (secondary N) is 3. The third-order valence-electron chi connectivity index (χ3n) is 4.47. The van der Waals surface area contributed by atoms with Crippen molar-refractivity contribution in [2.45, 2.75) is 52.1 Å². The van der Waals surface area contributed by atoms with Crippen LogP contribution < -0.4 is 16.0 Å². The number of aryl methyl sites for hydroxylation is 2. The molecule has 0 atom stereocenters. The molecule has 1 fully saturated rings. The standard InChI is InChI=1S/C20H25FN6S/c1-13-11-14(2)24-19(23-13)26-18(22-12-15-7-9-16(21)10-8-15)27-20(28)25-17-5-3-4-6-17/h7-11,17H,3-6,12H2,1-2H3,(H3,22,23,24,25,26,27,28). The molecule has 0 bridgehead atoms. The molecule has 2 aromatic rings. The fourth-order valence-electron chi connectivity index (χ4n) is 3.16. The summed E-state index contributed by atoms with van der Waals surface area (Å²) < 4.78 is 13.1. The largest absolute Gasteiger partial charge is 0.360 e. The summed E-state index contributed by atoms with van der Waals surface area (Å²) in [6.45, 7) is 4.19. The monoisotopic (exact) mass is 400 g/mol. The van der Waals surface area contributed by atoms with Crippen molar-refractivity contribution in [1.29, 1.82) is 0 Å². The molecule has 1 aliphatic carbocycles. The van der Waals surface area contributed by atoms with Crippen molar-refractivity contribution < 1.29 is 4.39 Å². The van der Waals surface area contributed by atoms with E-state index < -0.39 is 0 Å². The van der Waals surface area contributed by atoms with E-state index in [1.54, 1.807) is 12.1 Å². The lowest BCUT2D eigenvalue weighted by Gasteiger charge is -2.17. The zero-order valence-electron chi connectivity index (χ0n) is 16.1. The van der Waals surface area contributed by atoms with Gasteiger partial charge in [0.05, 0.1) is 6.54 Å². The maximum absolute atomic E-state index is 13.1. The number of aliphatic imine (C=N–C) groups is 1. The molecule has 28 heavy (non-hydrogen) atoms. The van der Waals surface area contributed by atoms with Crippen molar-refractivity contribution in [3.8, 4) is 0 Å². The zero-order chi connectivity index (χ0) is 19.9. The summed E-state index contributed by atoms with van der Waals surface area (Å²) in [4.78, 5) is 13.3. The van der Waals surface area contributed by atoms with E-state index in [1.807, 2.05) is 19.9 Å². The van der Waals surface area contributed by atoms with Gasteiger partial charge < -0.3 is 10.6 Å². The van der Waals surface area contributed by atoms with Crippen molar-refractivity contribution in [2.75, 3.05) is 5.32 Å². The van der Waals surface area contributed by atoms with E-state index in [-0.39, 0.29) is 5.82 Å². The molecular weight excluding hydrogens is 375 g/mol. The van der Waals surface area contributed by atoms with Crippen LogP contribution in [0.1, 0.15) is 42.6 Å². The number of aromatic nitrogens is 2. The Morgan fingerprint density at radius 2 is 1.79 bits per heavy atom. The fourth-order valence-corrected chi connectivity index (χ4v) is 3.42. The second kappa shape index (κ2) is 9.54. The number of guanidine groups is 1. The Hall–Kier alpha value is -2.61. The molecule has 1 aromatic carbocycles. The lowest BCUT2D eigenvalue weighted by Crippen LogP contribution is -2.46. The number of thiocarbonyl (C=S) groups is 1. The highest BCUT2D eigenvalue weighted by molar-refractivity contribution is 7.80. The van der Waals surface area contributed by atoms with E-state index >= 15 is 0 Å². The van der Waals surface area contributed by atoms with Gasteiger partial charge in [-0.25, -0.2) is 19.4 Å².